The number of nitrogens with one attached hydrogen (secondary N) is 2. The number of benzene rings is 1. The Balaban J connectivity index is 2.75. The fourth-order valence-corrected chi connectivity index (χ4v) is 1.90. The molecular weight excluding hydrogens is 311 g/mol. The van der Waals surface area contributed by atoms with E-state index >= 15 is 0 Å². The molecule has 1 aromatic carbocycles. The summed E-state index contributed by atoms with van der Waals surface area (Å²) in [6.45, 7) is 7.62. The molecule has 0 bridgehead atoms. The van der Waals surface area contributed by atoms with Crippen LogP contribution in [-0.2, 0) is 4.79 Å². The minimum absolute atomic E-state index is 0.151. The molecule has 1 aromatic rings. The van der Waals surface area contributed by atoms with Gasteiger partial charge in [-0.3, -0.25) is 4.79 Å². The Kier molecular flexibility index (Phi) is 5.35. The van der Waals surface area contributed by atoms with Crippen LogP contribution in [-0.4, -0.2) is 17.5 Å². The molecule has 0 saturated heterocycles. The van der Waals surface area contributed by atoms with Crippen LogP contribution in [0.15, 0.2) is 22.7 Å². The number of hydrogen-bond donors (Lipinski definition) is 2. The van der Waals surface area contributed by atoms with Crippen molar-refractivity contribution in [2.45, 2.75) is 45.7 Å². The van der Waals surface area contributed by atoms with Crippen molar-refractivity contribution in [3.05, 3.63) is 28.5 Å². The van der Waals surface area contributed by atoms with E-state index in [2.05, 4.69) is 26.6 Å². The van der Waals surface area contributed by atoms with Crippen LogP contribution >= 0.6 is 15.9 Å². The average molecular weight is 331 g/mol. The summed E-state index contributed by atoms with van der Waals surface area (Å²) in [5.74, 6) is -0.536. The third kappa shape index (κ3) is 4.49. The SMILES string of the molecule is CCC(C)(C)NC(=O)C(C)Nc1c(F)cccc1Br. The Hall–Kier alpha value is -1.10. The largest absolute Gasteiger partial charge is 0.371 e. The van der Waals surface area contributed by atoms with E-state index in [0.29, 0.717) is 10.2 Å². The summed E-state index contributed by atoms with van der Waals surface area (Å²) >= 11 is 3.27. The lowest BCUT2D eigenvalue weighted by molar-refractivity contribution is -0.123. The summed E-state index contributed by atoms with van der Waals surface area (Å²) < 4.78 is 14.3. The van der Waals surface area contributed by atoms with Crippen molar-refractivity contribution in [3.63, 3.8) is 0 Å². The third-order valence-electron chi connectivity index (χ3n) is 3.06. The Bertz CT molecular complexity index is 443. The second-order valence-electron chi connectivity index (χ2n) is 5.19. The Morgan fingerprint density at radius 1 is 1.47 bits per heavy atom. The van der Waals surface area contributed by atoms with Gasteiger partial charge in [-0.25, -0.2) is 4.39 Å². The first-order valence-corrected chi connectivity index (χ1v) is 7.08. The predicted octanol–water partition coefficient (Wildman–Crippen LogP) is 3.69. The first-order chi connectivity index (χ1) is 8.76. The van der Waals surface area contributed by atoms with Crippen LogP contribution in [0.1, 0.15) is 34.1 Å². The molecular formula is C14H20BrFN2O. The van der Waals surface area contributed by atoms with Gasteiger partial charge in [-0.1, -0.05) is 13.0 Å². The molecule has 5 heteroatoms. The molecule has 106 valence electrons. The smallest absolute Gasteiger partial charge is 0.242 e. The van der Waals surface area contributed by atoms with E-state index in [0.717, 1.165) is 6.42 Å². The number of hydrogen-bond acceptors (Lipinski definition) is 2. The summed E-state index contributed by atoms with van der Waals surface area (Å²) in [5.41, 5.74) is 0.0407. The fourth-order valence-electron chi connectivity index (χ4n) is 1.45. The van der Waals surface area contributed by atoms with Crippen molar-refractivity contribution in [1.82, 2.24) is 5.32 Å². The van der Waals surface area contributed by atoms with Crippen molar-refractivity contribution in [2.24, 2.45) is 0 Å². The highest BCUT2D eigenvalue weighted by Gasteiger charge is 2.22. The van der Waals surface area contributed by atoms with E-state index in [4.69, 9.17) is 0 Å². The third-order valence-corrected chi connectivity index (χ3v) is 3.72. The highest BCUT2D eigenvalue weighted by atomic mass is 79.9. The number of carbonyl (C=O) groups is 1. The van der Waals surface area contributed by atoms with E-state index in [9.17, 15) is 9.18 Å². The maximum atomic E-state index is 13.7. The van der Waals surface area contributed by atoms with Crippen molar-refractivity contribution < 1.29 is 9.18 Å². The molecule has 1 unspecified atom stereocenters. The van der Waals surface area contributed by atoms with E-state index < -0.39 is 6.04 Å². The second-order valence-corrected chi connectivity index (χ2v) is 6.04. The monoisotopic (exact) mass is 330 g/mol. The number of para-hydroxylation sites is 1. The molecule has 19 heavy (non-hydrogen) atoms. The molecule has 0 saturated carbocycles. The van der Waals surface area contributed by atoms with Gasteiger partial charge in [-0.05, 0) is 55.3 Å². The van der Waals surface area contributed by atoms with E-state index in [-0.39, 0.29) is 17.3 Å². The molecule has 1 amide bonds. The summed E-state index contributed by atoms with van der Waals surface area (Å²) in [6, 6.07) is 4.17. The average Bonchev–Trinajstić information content (AvgIpc) is 2.33. The molecule has 2 N–H and O–H groups in total. The summed E-state index contributed by atoms with van der Waals surface area (Å²) in [5, 5.41) is 5.82. The number of amides is 1. The summed E-state index contributed by atoms with van der Waals surface area (Å²) in [4.78, 5) is 12.0. The van der Waals surface area contributed by atoms with Crippen LogP contribution in [0.4, 0.5) is 10.1 Å². The molecule has 1 rings (SSSR count). The molecule has 0 aromatic heterocycles. The van der Waals surface area contributed by atoms with Gasteiger partial charge in [0.2, 0.25) is 5.91 Å². The molecule has 0 aliphatic rings. The predicted molar refractivity (Wildman–Crippen MR) is 79.7 cm³/mol. The van der Waals surface area contributed by atoms with E-state index in [1.807, 2.05) is 20.8 Å². The Labute approximate surface area is 122 Å². The highest BCUT2D eigenvalue weighted by Crippen LogP contribution is 2.25. The lowest BCUT2D eigenvalue weighted by Gasteiger charge is -2.27. The zero-order chi connectivity index (χ0) is 14.6. The molecule has 0 radical (unpaired) electrons. The first kappa shape index (κ1) is 16.0. The number of anilines is 1. The number of rotatable bonds is 5. The molecule has 1 atom stereocenters. The van der Waals surface area contributed by atoms with Crippen LogP contribution in [0.5, 0.6) is 0 Å². The van der Waals surface area contributed by atoms with Crippen molar-refractivity contribution in [1.29, 1.82) is 0 Å². The van der Waals surface area contributed by atoms with Gasteiger partial charge in [-0.2, -0.15) is 0 Å². The topological polar surface area (TPSA) is 41.1 Å². The molecule has 3 nitrogen and oxygen atoms in total. The standard InChI is InChI=1S/C14H20BrFN2O/c1-5-14(3,4)18-13(19)9(2)17-12-10(15)7-6-8-11(12)16/h6-9,17H,5H2,1-4H3,(H,18,19). The van der Waals surface area contributed by atoms with Gasteiger partial charge in [0.15, 0.2) is 0 Å². The van der Waals surface area contributed by atoms with Crippen molar-refractivity contribution >= 4 is 27.5 Å². The maximum Gasteiger partial charge on any atom is 0.242 e. The lowest BCUT2D eigenvalue weighted by Crippen LogP contribution is -2.48. The Morgan fingerprint density at radius 3 is 2.63 bits per heavy atom. The van der Waals surface area contributed by atoms with Crippen LogP contribution in [0.3, 0.4) is 0 Å². The van der Waals surface area contributed by atoms with Crippen molar-refractivity contribution in [3.8, 4) is 0 Å². The maximum absolute atomic E-state index is 13.7. The van der Waals surface area contributed by atoms with Gasteiger partial charge in [0.05, 0.1) is 5.69 Å². The lowest BCUT2D eigenvalue weighted by atomic mass is 10.0. The highest BCUT2D eigenvalue weighted by molar-refractivity contribution is 9.10. The van der Waals surface area contributed by atoms with E-state index in [1.165, 1.54) is 6.07 Å². The van der Waals surface area contributed by atoms with Gasteiger partial charge < -0.3 is 10.6 Å². The van der Waals surface area contributed by atoms with Gasteiger partial charge in [0, 0.05) is 10.0 Å². The Morgan fingerprint density at radius 2 is 2.11 bits per heavy atom. The van der Waals surface area contributed by atoms with Crippen LogP contribution < -0.4 is 10.6 Å². The first-order valence-electron chi connectivity index (χ1n) is 6.29. The summed E-state index contributed by atoms with van der Waals surface area (Å²) in [7, 11) is 0. The molecule has 0 spiro atoms. The minimum Gasteiger partial charge on any atom is -0.371 e. The number of carbonyl (C=O) groups excluding carboxylic acids is 1. The van der Waals surface area contributed by atoms with Crippen LogP contribution in [0.25, 0.3) is 0 Å². The van der Waals surface area contributed by atoms with Gasteiger partial charge in [0.25, 0.3) is 0 Å². The van der Waals surface area contributed by atoms with E-state index in [1.54, 1.807) is 19.1 Å². The molecule has 0 heterocycles. The second kappa shape index (κ2) is 6.37. The van der Waals surface area contributed by atoms with Gasteiger partial charge in [-0.15, -0.1) is 0 Å². The summed E-state index contributed by atoms with van der Waals surface area (Å²) in [6.07, 6.45) is 0.828. The zero-order valence-electron chi connectivity index (χ0n) is 11.7. The zero-order valence-corrected chi connectivity index (χ0v) is 13.3. The normalized spacial score (nSPS) is 12.9. The fraction of sp³-hybridized carbons (Fsp3) is 0.500. The van der Waals surface area contributed by atoms with Crippen LogP contribution in [0.2, 0.25) is 0 Å². The molecule has 0 aliphatic heterocycles. The van der Waals surface area contributed by atoms with Crippen LogP contribution in [0, 0.1) is 5.82 Å². The number of halogens is 2. The van der Waals surface area contributed by atoms with Gasteiger partial charge in [0.1, 0.15) is 11.9 Å². The minimum atomic E-state index is -0.515. The van der Waals surface area contributed by atoms with Gasteiger partial charge >= 0.3 is 0 Å². The molecule has 0 aliphatic carbocycles. The quantitative estimate of drug-likeness (QED) is 0.864. The van der Waals surface area contributed by atoms with Crippen molar-refractivity contribution in [2.75, 3.05) is 5.32 Å². The molecule has 0 fully saturated rings.